The molecule has 1 fully saturated rings. The van der Waals surface area contributed by atoms with E-state index in [4.69, 9.17) is 14.2 Å². The lowest BCUT2D eigenvalue weighted by Crippen LogP contribution is -2.43. The molecule has 1 aliphatic heterocycles. The van der Waals surface area contributed by atoms with Crippen molar-refractivity contribution in [3.8, 4) is 5.75 Å². The Morgan fingerprint density at radius 2 is 2.00 bits per heavy atom. The van der Waals surface area contributed by atoms with Crippen LogP contribution in [0.15, 0.2) is 12.1 Å². The van der Waals surface area contributed by atoms with E-state index in [1.165, 1.54) is 19.2 Å². The topological polar surface area (TPSA) is 94.1 Å². The standard InChI is InChI=1S/C15H19NO6/c1-8-4-12(20-2)10(15(18)19)5-9(8)14(17)16-11-6-22-7-13(11)21-3/h4-5,11,13H,6-7H2,1-3H3,(H,16,17)(H,18,19)/t11-,13+/m0/s1. The van der Waals surface area contributed by atoms with Gasteiger partial charge in [-0.15, -0.1) is 0 Å². The van der Waals surface area contributed by atoms with Crippen molar-refractivity contribution in [3.05, 3.63) is 28.8 Å². The van der Waals surface area contributed by atoms with Crippen molar-refractivity contribution in [2.75, 3.05) is 27.4 Å². The Bertz CT molecular complexity index is 586. The second-order valence-corrected chi connectivity index (χ2v) is 5.06. The van der Waals surface area contributed by atoms with Crippen LogP contribution in [0.5, 0.6) is 5.75 Å². The molecular weight excluding hydrogens is 290 g/mol. The molecule has 2 N–H and O–H groups in total. The Labute approximate surface area is 128 Å². The smallest absolute Gasteiger partial charge is 0.339 e. The first-order chi connectivity index (χ1) is 10.5. The van der Waals surface area contributed by atoms with Crippen LogP contribution in [0.3, 0.4) is 0 Å². The average molecular weight is 309 g/mol. The van der Waals surface area contributed by atoms with Gasteiger partial charge < -0.3 is 24.6 Å². The Morgan fingerprint density at radius 1 is 1.27 bits per heavy atom. The number of carbonyl (C=O) groups excluding carboxylic acids is 1. The van der Waals surface area contributed by atoms with Gasteiger partial charge in [0.25, 0.3) is 5.91 Å². The lowest BCUT2D eigenvalue weighted by molar-refractivity contribution is 0.0685. The van der Waals surface area contributed by atoms with Gasteiger partial charge in [0.1, 0.15) is 17.4 Å². The summed E-state index contributed by atoms with van der Waals surface area (Å²) in [5.41, 5.74) is 0.872. The molecule has 0 aromatic heterocycles. The largest absolute Gasteiger partial charge is 0.496 e. The number of ether oxygens (including phenoxy) is 3. The summed E-state index contributed by atoms with van der Waals surface area (Å²) in [6.45, 7) is 2.51. The Kier molecular flexibility index (Phi) is 4.99. The van der Waals surface area contributed by atoms with E-state index in [0.29, 0.717) is 24.3 Å². The van der Waals surface area contributed by atoms with Crippen LogP contribution in [0.4, 0.5) is 0 Å². The fourth-order valence-electron chi connectivity index (χ4n) is 2.41. The SMILES string of the molecule is COc1cc(C)c(C(=O)N[C@H]2COC[C@H]2OC)cc1C(=O)O. The molecular formula is C15H19NO6. The molecule has 7 nitrogen and oxygen atoms in total. The maximum Gasteiger partial charge on any atom is 0.339 e. The first-order valence-electron chi connectivity index (χ1n) is 6.81. The van der Waals surface area contributed by atoms with Gasteiger partial charge in [-0.2, -0.15) is 0 Å². The molecule has 0 spiro atoms. The number of methoxy groups -OCH3 is 2. The maximum atomic E-state index is 12.4. The Morgan fingerprint density at radius 3 is 2.59 bits per heavy atom. The second kappa shape index (κ2) is 6.76. The number of aryl methyl sites for hydroxylation is 1. The molecule has 0 saturated carbocycles. The van der Waals surface area contributed by atoms with Crippen LogP contribution in [0.1, 0.15) is 26.3 Å². The summed E-state index contributed by atoms with van der Waals surface area (Å²) >= 11 is 0. The van der Waals surface area contributed by atoms with Crippen molar-refractivity contribution in [1.82, 2.24) is 5.32 Å². The third kappa shape index (κ3) is 3.20. The summed E-state index contributed by atoms with van der Waals surface area (Å²) in [4.78, 5) is 23.7. The van der Waals surface area contributed by atoms with E-state index in [1.807, 2.05) is 0 Å². The zero-order valence-electron chi connectivity index (χ0n) is 12.7. The zero-order valence-corrected chi connectivity index (χ0v) is 12.7. The molecule has 120 valence electrons. The quantitative estimate of drug-likeness (QED) is 0.837. The van der Waals surface area contributed by atoms with Gasteiger partial charge in [-0.25, -0.2) is 4.79 Å². The highest BCUT2D eigenvalue weighted by Crippen LogP contribution is 2.24. The highest BCUT2D eigenvalue weighted by Gasteiger charge is 2.30. The molecule has 0 bridgehead atoms. The number of nitrogens with one attached hydrogen (secondary N) is 1. The van der Waals surface area contributed by atoms with E-state index >= 15 is 0 Å². The molecule has 0 unspecified atom stereocenters. The van der Waals surface area contributed by atoms with Gasteiger partial charge in [-0.05, 0) is 24.6 Å². The first-order valence-corrected chi connectivity index (χ1v) is 6.81. The normalized spacial score (nSPS) is 20.7. The molecule has 1 heterocycles. The third-order valence-electron chi connectivity index (χ3n) is 3.67. The zero-order chi connectivity index (χ0) is 16.3. The van der Waals surface area contributed by atoms with E-state index in [1.54, 1.807) is 14.0 Å². The number of carboxylic acid groups (broad SMARTS) is 1. The molecule has 1 aliphatic rings. The summed E-state index contributed by atoms with van der Waals surface area (Å²) in [6, 6.07) is 2.60. The fourth-order valence-corrected chi connectivity index (χ4v) is 2.41. The minimum atomic E-state index is -1.15. The van der Waals surface area contributed by atoms with Crippen molar-refractivity contribution >= 4 is 11.9 Å². The van der Waals surface area contributed by atoms with Crippen LogP contribution in [0.2, 0.25) is 0 Å². The molecule has 1 amide bonds. The van der Waals surface area contributed by atoms with Crippen LogP contribution in [0.25, 0.3) is 0 Å². The van der Waals surface area contributed by atoms with Gasteiger partial charge in [0.05, 0.1) is 26.4 Å². The van der Waals surface area contributed by atoms with Gasteiger partial charge in [-0.1, -0.05) is 0 Å². The Hall–Kier alpha value is -2.12. The van der Waals surface area contributed by atoms with Gasteiger partial charge in [0, 0.05) is 12.7 Å². The fraction of sp³-hybridized carbons (Fsp3) is 0.467. The van der Waals surface area contributed by atoms with Crippen molar-refractivity contribution in [1.29, 1.82) is 0 Å². The number of carboxylic acids is 1. The number of benzene rings is 1. The lowest BCUT2D eigenvalue weighted by atomic mass is 10.0. The summed E-state index contributed by atoms with van der Waals surface area (Å²) in [7, 11) is 2.94. The predicted molar refractivity (Wildman–Crippen MR) is 77.6 cm³/mol. The molecule has 2 atom stereocenters. The average Bonchev–Trinajstić information content (AvgIpc) is 2.93. The molecule has 0 radical (unpaired) electrons. The molecule has 7 heteroatoms. The van der Waals surface area contributed by atoms with Gasteiger partial charge in [-0.3, -0.25) is 4.79 Å². The third-order valence-corrected chi connectivity index (χ3v) is 3.67. The molecule has 22 heavy (non-hydrogen) atoms. The summed E-state index contributed by atoms with van der Waals surface area (Å²) in [5, 5.41) is 12.0. The van der Waals surface area contributed by atoms with Crippen LogP contribution < -0.4 is 10.1 Å². The first kappa shape index (κ1) is 16.3. The number of carbonyl (C=O) groups is 2. The Balaban J connectivity index is 2.25. The number of hydrogen-bond acceptors (Lipinski definition) is 5. The number of aromatic carboxylic acids is 1. The van der Waals surface area contributed by atoms with Crippen LogP contribution in [0, 0.1) is 6.92 Å². The van der Waals surface area contributed by atoms with Gasteiger partial charge >= 0.3 is 5.97 Å². The molecule has 1 aromatic rings. The van der Waals surface area contributed by atoms with Crippen molar-refractivity contribution in [2.45, 2.75) is 19.1 Å². The van der Waals surface area contributed by atoms with Gasteiger partial charge in [0.2, 0.25) is 0 Å². The predicted octanol–water partition coefficient (Wildman–Crippen LogP) is 0.845. The van der Waals surface area contributed by atoms with Crippen LogP contribution >= 0.6 is 0 Å². The minimum absolute atomic E-state index is 0.0517. The number of hydrogen-bond donors (Lipinski definition) is 2. The van der Waals surface area contributed by atoms with Gasteiger partial charge in [0.15, 0.2) is 0 Å². The van der Waals surface area contributed by atoms with E-state index in [9.17, 15) is 14.7 Å². The monoisotopic (exact) mass is 309 g/mol. The summed E-state index contributed by atoms with van der Waals surface area (Å²) in [5.74, 6) is -1.29. The lowest BCUT2D eigenvalue weighted by Gasteiger charge is -2.19. The summed E-state index contributed by atoms with van der Waals surface area (Å²) in [6.07, 6.45) is -0.207. The van der Waals surface area contributed by atoms with E-state index in [0.717, 1.165) is 0 Å². The highest BCUT2D eigenvalue weighted by molar-refractivity contribution is 6.00. The molecule has 1 saturated heterocycles. The maximum absolute atomic E-state index is 12.4. The highest BCUT2D eigenvalue weighted by atomic mass is 16.5. The molecule has 0 aliphatic carbocycles. The number of amides is 1. The second-order valence-electron chi connectivity index (χ2n) is 5.06. The van der Waals surface area contributed by atoms with Crippen molar-refractivity contribution < 1.29 is 28.9 Å². The van der Waals surface area contributed by atoms with E-state index in [-0.39, 0.29) is 29.4 Å². The summed E-state index contributed by atoms with van der Waals surface area (Å²) < 4.78 is 15.5. The number of rotatable bonds is 5. The molecule has 1 aromatic carbocycles. The van der Waals surface area contributed by atoms with Crippen LogP contribution in [-0.2, 0) is 9.47 Å². The minimum Gasteiger partial charge on any atom is -0.496 e. The van der Waals surface area contributed by atoms with E-state index < -0.39 is 5.97 Å². The van der Waals surface area contributed by atoms with Crippen LogP contribution in [-0.4, -0.2) is 56.6 Å². The van der Waals surface area contributed by atoms with E-state index in [2.05, 4.69) is 5.32 Å². The van der Waals surface area contributed by atoms with Crippen molar-refractivity contribution in [2.24, 2.45) is 0 Å². The van der Waals surface area contributed by atoms with Crippen molar-refractivity contribution in [3.63, 3.8) is 0 Å². The molecule has 2 rings (SSSR count).